The van der Waals surface area contributed by atoms with E-state index in [4.69, 9.17) is 0 Å². The molecular weight excluding hydrogens is 176 g/mol. The van der Waals surface area contributed by atoms with Crippen molar-refractivity contribution in [1.82, 2.24) is 4.98 Å². The monoisotopic (exact) mass is 192 g/mol. The fraction of sp³-hybridized carbons (Fsp3) is 0.545. The first-order chi connectivity index (χ1) is 6.85. The van der Waals surface area contributed by atoms with Gasteiger partial charge in [0, 0.05) is 18.1 Å². The highest BCUT2D eigenvalue weighted by atomic mass is 16.3. The Hall–Kier alpha value is -1.09. The maximum absolute atomic E-state index is 9.40. The van der Waals surface area contributed by atoms with Gasteiger partial charge in [0.05, 0.1) is 12.1 Å². The normalized spacial score (nSPS) is 19.5. The molecule has 14 heavy (non-hydrogen) atoms. The van der Waals surface area contributed by atoms with E-state index in [9.17, 15) is 5.11 Å². The average molecular weight is 192 g/mol. The molecule has 1 aliphatic rings. The number of hydrogen-bond acceptors (Lipinski definition) is 3. The molecule has 1 aliphatic carbocycles. The van der Waals surface area contributed by atoms with Gasteiger partial charge < -0.3 is 10.4 Å². The van der Waals surface area contributed by atoms with Crippen molar-refractivity contribution < 1.29 is 5.11 Å². The van der Waals surface area contributed by atoms with E-state index in [1.165, 1.54) is 12.8 Å². The van der Waals surface area contributed by atoms with Crippen LogP contribution in [0.3, 0.4) is 0 Å². The lowest BCUT2D eigenvalue weighted by molar-refractivity contribution is 0.214. The van der Waals surface area contributed by atoms with Crippen molar-refractivity contribution >= 4 is 5.69 Å². The van der Waals surface area contributed by atoms with E-state index < -0.39 is 0 Å². The molecule has 0 spiro atoms. The summed E-state index contributed by atoms with van der Waals surface area (Å²) in [5.74, 6) is 0. The molecule has 1 heterocycles. The number of hydrogen-bond donors (Lipinski definition) is 2. The van der Waals surface area contributed by atoms with Gasteiger partial charge in [0.15, 0.2) is 0 Å². The molecule has 2 N–H and O–H groups in total. The molecule has 1 saturated carbocycles. The van der Waals surface area contributed by atoms with Gasteiger partial charge in [0.25, 0.3) is 0 Å². The Morgan fingerprint density at radius 2 is 1.93 bits per heavy atom. The lowest BCUT2D eigenvalue weighted by atomic mass is 9.98. The van der Waals surface area contributed by atoms with E-state index in [1.807, 2.05) is 12.1 Å². The van der Waals surface area contributed by atoms with E-state index in [1.54, 1.807) is 12.4 Å². The third kappa shape index (κ3) is 1.87. The van der Waals surface area contributed by atoms with Crippen LogP contribution in [0.2, 0.25) is 0 Å². The van der Waals surface area contributed by atoms with Gasteiger partial charge in [-0.1, -0.05) is 12.8 Å². The van der Waals surface area contributed by atoms with Crippen molar-refractivity contribution in [1.29, 1.82) is 0 Å². The zero-order valence-electron chi connectivity index (χ0n) is 8.24. The van der Waals surface area contributed by atoms with Crippen molar-refractivity contribution in [2.24, 2.45) is 0 Å². The van der Waals surface area contributed by atoms with Crippen molar-refractivity contribution in [3.8, 4) is 0 Å². The van der Waals surface area contributed by atoms with Gasteiger partial charge >= 0.3 is 0 Å². The molecule has 0 aliphatic heterocycles. The highest BCUT2D eigenvalue weighted by Crippen LogP contribution is 2.32. The molecule has 2 rings (SSSR count). The molecule has 76 valence electrons. The van der Waals surface area contributed by atoms with Gasteiger partial charge in [-0.05, 0) is 25.0 Å². The van der Waals surface area contributed by atoms with Crippen LogP contribution >= 0.6 is 0 Å². The number of aromatic nitrogens is 1. The van der Waals surface area contributed by atoms with Gasteiger partial charge in [-0.15, -0.1) is 0 Å². The number of nitrogens with zero attached hydrogens (tertiary/aromatic N) is 1. The second kappa shape index (κ2) is 3.96. The SMILES string of the molecule is OCC1(Nc2ccncc2)CCCC1. The highest BCUT2D eigenvalue weighted by molar-refractivity contribution is 5.44. The number of anilines is 1. The Labute approximate surface area is 84.2 Å². The largest absolute Gasteiger partial charge is 0.394 e. The van der Waals surface area contributed by atoms with Crippen molar-refractivity contribution in [2.45, 2.75) is 31.2 Å². The zero-order chi connectivity index (χ0) is 9.86. The molecule has 1 aromatic heterocycles. The molecule has 0 aromatic carbocycles. The zero-order valence-corrected chi connectivity index (χ0v) is 8.24. The summed E-state index contributed by atoms with van der Waals surface area (Å²) in [5, 5.41) is 12.8. The van der Waals surface area contributed by atoms with Crippen molar-refractivity contribution in [3.05, 3.63) is 24.5 Å². The second-order valence-electron chi connectivity index (χ2n) is 4.01. The van der Waals surface area contributed by atoms with Crippen LogP contribution in [0, 0.1) is 0 Å². The molecule has 0 atom stereocenters. The minimum atomic E-state index is -0.0820. The Balaban J connectivity index is 2.08. The van der Waals surface area contributed by atoms with Crippen LogP contribution in [0.5, 0.6) is 0 Å². The van der Waals surface area contributed by atoms with Crippen LogP contribution in [0.1, 0.15) is 25.7 Å². The van der Waals surface area contributed by atoms with Crippen LogP contribution in [0.15, 0.2) is 24.5 Å². The number of aliphatic hydroxyl groups excluding tert-OH is 1. The standard InChI is InChI=1S/C11H16N2O/c14-9-11(5-1-2-6-11)13-10-3-7-12-8-4-10/h3-4,7-8,14H,1-2,5-6,9H2,(H,12,13). The number of nitrogens with one attached hydrogen (secondary N) is 1. The van der Waals surface area contributed by atoms with Gasteiger partial charge in [0.2, 0.25) is 0 Å². The van der Waals surface area contributed by atoms with Gasteiger partial charge in [-0.25, -0.2) is 0 Å². The first kappa shape index (κ1) is 9.46. The molecule has 1 aromatic rings. The van der Waals surface area contributed by atoms with Gasteiger partial charge in [-0.3, -0.25) is 4.98 Å². The summed E-state index contributed by atoms with van der Waals surface area (Å²) in [6.45, 7) is 0.218. The van der Waals surface area contributed by atoms with E-state index in [-0.39, 0.29) is 12.1 Å². The molecule has 0 amide bonds. The first-order valence-electron chi connectivity index (χ1n) is 5.14. The average Bonchev–Trinajstić information content (AvgIpc) is 2.69. The fourth-order valence-corrected chi connectivity index (χ4v) is 2.12. The molecule has 3 heteroatoms. The minimum absolute atomic E-state index is 0.0820. The fourth-order valence-electron chi connectivity index (χ4n) is 2.12. The Bertz CT molecular complexity index is 281. The molecule has 0 saturated heterocycles. The third-order valence-corrected chi connectivity index (χ3v) is 2.95. The Kier molecular flexibility index (Phi) is 2.68. The van der Waals surface area contributed by atoms with Crippen molar-refractivity contribution in [3.63, 3.8) is 0 Å². The molecule has 0 radical (unpaired) electrons. The smallest absolute Gasteiger partial charge is 0.0661 e. The van der Waals surface area contributed by atoms with E-state index >= 15 is 0 Å². The van der Waals surface area contributed by atoms with E-state index in [2.05, 4.69) is 10.3 Å². The van der Waals surface area contributed by atoms with E-state index in [0.717, 1.165) is 18.5 Å². The van der Waals surface area contributed by atoms with Crippen LogP contribution in [-0.2, 0) is 0 Å². The summed E-state index contributed by atoms with van der Waals surface area (Å²) in [7, 11) is 0. The van der Waals surface area contributed by atoms with Gasteiger partial charge in [-0.2, -0.15) is 0 Å². The van der Waals surface area contributed by atoms with Crippen LogP contribution in [0.4, 0.5) is 5.69 Å². The molecular formula is C11H16N2O. The maximum atomic E-state index is 9.40. The van der Waals surface area contributed by atoms with Gasteiger partial charge in [0.1, 0.15) is 0 Å². The van der Waals surface area contributed by atoms with Crippen molar-refractivity contribution in [2.75, 3.05) is 11.9 Å². The van der Waals surface area contributed by atoms with Crippen LogP contribution in [-0.4, -0.2) is 22.2 Å². The highest BCUT2D eigenvalue weighted by Gasteiger charge is 2.32. The third-order valence-electron chi connectivity index (χ3n) is 2.95. The summed E-state index contributed by atoms with van der Waals surface area (Å²) in [6, 6.07) is 3.88. The molecule has 0 unspecified atom stereocenters. The Morgan fingerprint density at radius 3 is 2.50 bits per heavy atom. The topological polar surface area (TPSA) is 45.1 Å². The minimum Gasteiger partial charge on any atom is -0.394 e. The second-order valence-corrected chi connectivity index (χ2v) is 4.01. The molecule has 1 fully saturated rings. The quantitative estimate of drug-likeness (QED) is 0.767. The Morgan fingerprint density at radius 1 is 1.29 bits per heavy atom. The van der Waals surface area contributed by atoms with Crippen LogP contribution in [0.25, 0.3) is 0 Å². The molecule has 3 nitrogen and oxygen atoms in total. The number of rotatable bonds is 3. The predicted octanol–water partition coefficient (Wildman–Crippen LogP) is 1.80. The number of aliphatic hydroxyl groups is 1. The number of pyridine rings is 1. The lowest BCUT2D eigenvalue weighted by Gasteiger charge is -2.29. The summed E-state index contributed by atoms with van der Waals surface area (Å²) in [5.41, 5.74) is 0.970. The van der Waals surface area contributed by atoms with E-state index in [0.29, 0.717) is 0 Å². The lowest BCUT2D eigenvalue weighted by Crippen LogP contribution is -2.38. The first-order valence-corrected chi connectivity index (χ1v) is 5.14. The summed E-state index contributed by atoms with van der Waals surface area (Å²) in [4.78, 5) is 3.97. The predicted molar refractivity (Wildman–Crippen MR) is 56.1 cm³/mol. The summed E-state index contributed by atoms with van der Waals surface area (Å²) >= 11 is 0. The molecule has 0 bridgehead atoms. The summed E-state index contributed by atoms with van der Waals surface area (Å²) in [6.07, 6.45) is 8.07. The van der Waals surface area contributed by atoms with Crippen LogP contribution < -0.4 is 5.32 Å². The maximum Gasteiger partial charge on any atom is 0.0661 e. The summed E-state index contributed by atoms with van der Waals surface area (Å²) < 4.78 is 0.